The molecule has 3 rings (SSSR count). The van der Waals surface area contributed by atoms with Crippen molar-refractivity contribution in [1.29, 1.82) is 0 Å². The van der Waals surface area contributed by atoms with Crippen LogP contribution >= 0.6 is 11.6 Å². The number of aliphatic hydroxyl groups is 1. The number of amides is 1. The average Bonchev–Trinajstić information content (AvgIpc) is 2.77. The molecule has 138 valence electrons. The molecule has 2 heterocycles. The molecule has 1 N–H and O–H groups in total. The van der Waals surface area contributed by atoms with E-state index in [1.165, 1.54) is 0 Å². The van der Waals surface area contributed by atoms with E-state index in [9.17, 15) is 9.90 Å². The van der Waals surface area contributed by atoms with Crippen LogP contribution in [0.25, 0.3) is 0 Å². The molecule has 0 spiro atoms. The van der Waals surface area contributed by atoms with Gasteiger partial charge in [0.15, 0.2) is 5.60 Å². The molecule has 7 heteroatoms. The normalized spacial score (nSPS) is 24.6. The van der Waals surface area contributed by atoms with Crippen molar-refractivity contribution >= 4 is 17.5 Å². The van der Waals surface area contributed by atoms with Crippen molar-refractivity contribution in [2.75, 3.05) is 46.5 Å². The minimum Gasteiger partial charge on any atom is -0.492 e. The highest BCUT2D eigenvalue weighted by Crippen LogP contribution is 2.29. The zero-order chi connectivity index (χ0) is 17.9. The van der Waals surface area contributed by atoms with E-state index in [0.717, 1.165) is 17.7 Å². The molecule has 1 fully saturated rings. The number of β-amino-alcohol motifs (C(OH)–C–C–N with tert-alkyl or cyclic N) is 1. The molecule has 6 nitrogen and oxygen atoms in total. The number of halogens is 1. The summed E-state index contributed by atoms with van der Waals surface area (Å²) in [4.78, 5) is 16.5. The monoisotopic (exact) mass is 368 g/mol. The fourth-order valence-corrected chi connectivity index (χ4v) is 3.74. The first-order valence-electron chi connectivity index (χ1n) is 8.66. The molecular formula is C18H25ClN2O4. The maximum atomic E-state index is 12.8. The molecule has 1 atom stereocenters. The number of piperidine rings is 1. The van der Waals surface area contributed by atoms with Crippen LogP contribution in [0.15, 0.2) is 18.2 Å². The summed E-state index contributed by atoms with van der Waals surface area (Å²) in [5.74, 6) is 0.614. The van der Waals surface area contributed by atoms with Crippen molar-refractivity contribution in [3.63, 3.8) is 0 Å². The van der Waals surface area contributed by atoms with Gasteiger partial charge in [0.2, 0.25) is 0 Å². The Kier molecular flexibility index (Phi) is 5.84. The van der Waals surface area contributed by atoms with E-state index in [0.29, 0.717) is 57.4 Å². The molecule has 2 aliphatic rings. The fourth-order valence-electron chi connectivity index (χ4n) is 3.55. The summed E-state index contributed by atoms with van der Waals surface area (Å²) in [6.45, 7) is 3.73. The standard InChI is InChI=1S/C18H25ClN2O4/c1-24-9-8-21-6-2-5-18(23,17(21)22)13-20-7-10-25-16-4-3-15(19)11-14(16)12-20/h3-4,11,23H,2,5-10,12-13H2,1H3/t18-/m1/s1. The van der Waals surface area contributed by atoms with Crippen LogP contribution in [0.5, 0.6) is 5.75 Å². The second kappa shape index (κ2) is 7.91. The topological polar surface area (TPSA) is 62.2 Å². The minimum absolute atomic E-state index is 0.202. The smallest absolute Gasteiger partial charge is 0.255 e. The van der Waals surface area contributed by atoms with Crippen molar-refractivity contribution in [2.45, 2.75) is 25.0 Å². The Labute approximate surface area is 153 Å². The van der Waals surface area contributed by atoms with Crippen LogP contribution in [0, 0.1) is 0 Å². The highest BCUT2D eigenvalue weighted by atomic mass is 35.5. The fraction of sp³-hybridized carbons (Fsp3) is 0.611. The number of ether oxygens (including phenoxy) is 2. The second-order valence-corrected chi connectivity index (χ2v) is 7.17. The Morgan fingerprint density at radius 2 is 2.24 bits per heavy atom. The quantitative estimate of drug-likeness (QED) is 0.854. The number of benzene rings is 1. The first-order chi connectivity index (χ1) is 12.0. The Bertz CT molecular complexity index is 627. The van der Waals surface area contributed by atoms with Gasteiger partial charge >= 0.3 is 0 Å². The summed E-state index contributed by atoms with van der Waals surface area (Å²) < 4.78 is 10.8. The molecular weight excluding hydrogens is 344 g/mol. The second-order valence-electron chi connectivity index (χ2n) is 6.73. The van der Waals surface area contributed by atoms with Crippen molar-refractivity contribution in [1.82, 2.24) is 9.80 Å². The highest BCUT2D eigenvalue weighted by molar-refractivity contribution is 6.30. The number of nitrogens with zero attached hydrogens (tertiary/aromatic N) is 2. The van der Waals surface area contributed by atoms with E-state index in [4.69, 9.17) is 21.1 Å². The first kappa shape index (κ1) is 18.5. The van der Waals surface area contributed by atoms with Gasteiger partial charge in [0.05, 0.1) is 6.61 Å². The van der Waals surface area contributed by atoms with Gasteiger partial charge in [0, 0.05) is 50.4 Å². The zero-order valence-corrected chi connectivity index (χ0v) is 15.3. The van der Waals surface area contributed by atoms with Gasteiger partial charge in [-0.05, 0) is 31.0 Å². The Hall–Kier alpha value is -1.34. The van der Waals surface area contributed by atoms with Crippen LogP contribution in [-0.4, -0.2) is 72.9 Å². The molecule has 0 radical (unpaired) electrons. The van der Waals surface area contributed by atoms with Crippen LogP contribution in [0.2, 0.25) is 5.02 Å². The Morgan fingerprint density at radius 3 is 3.04 bits per heavy atom. The molecule has 1 aromatic carbocycles. The number of rotatable bonds is 5. The lowest BCUT2D eigenvalue weighted by Gasteiger charge is -2.40. The summed E-state index contributed by atoms with van der Waals surface area (Å²) in [6.07, 6.45) is 1.27. The molecule has 25 heavy (non-hydrogen) atoms. The molecule has 0 unspecified atom stereocenters. The van der Waals surface area contributed by atoms with Crippen molar-refractivity contribution in [2.24, 2.45) is 0 Å². The molecule has 0 aromatic heterocycles. The summed E-state index contributed by atoms with van der Waals surface area (Å²) in [5, 5.41) is 11.7. The van der Waals surface area contributed by atoms with E-state index in [2.05, 4.69) is 4.90 Å². The number of likely N-dealkylation sites (tertiary alicyclic amines) is 1. The van der Waals surface area contributed by atoms with Crippen LogP contribution in [0.3, 0.4) is 0 Å². The Morgan fingerprint density at radius 1 is 1.40 bits per heavy atom. The lowest BCUT2D eigenvalue weighted by molar-refractivity contribution is -0.160. The van der Waals surface area contributed by atoms with Gasteiger partial charge in [-0.2, -0.15) is 0 Å². The van der Waals surface area contributed by atoms with Crippen LogP contribution < -0.4 is 4.74 Å². The minimum atomic E-state index is -1.35. The van der Waals surface area contributed by atoms with Gasteiger partial charge in [-0.15, -0.1) is 0 Å². The summed E-state index contributed by atoms with van der Waals surface area (Å²) in [6, 6.07) is 5.56. The number of fused-ring (bicyclic) bond motifs is 1. The van der Waals surface area contributed by atoms with Gasteiger partial charge in [-0.25, -0.2) is 0 Å². The van der Waals surface area contributed by atoms with Crippen molar-refractivity contribution in [3.8, 4) is 5.75 Å². The maximum absolute atomic E-state index is 12.8. The third-order valence-electron chi connectivity index (χ3n) is 4.84. The van der Waals surface area contributed by atoms with E-state index in [-0.39, 0.29) is 5.91 Å². The van der Waals surface area contributed by atoms with Gasteiger partial charge in [0.1, 0.15) is 12.4 Å². The molecule has 0 saturated carbocycles. The SMILES string of the molecule is COCCN1CCC[C@@](O)(CN2CCOc3ccc(Cl)cc3C2)C1=O. The van der Waals surface area contributed by atoms with E-state index >= 15 is 0 Å². The summed E-state index contributed by atoms with van der Waals surface area (Å²) in [5.41, 5.74) is -0.372. The zero-order valence-electron chi connectivity index (χ0n) is 14.5. The number of hydrogen-bond acceptors (Lipinski definition) is 5. The number of hydrogen-bond donors (Lipinski definition) is 1. The molecule has 1 amide bonds. The van der Waals surface area contributed by atoms with Crippen LogP contribution in [0.4, 0.5) is 0 Å². The number of carbonyl (C=O) groups excluding carboxylic acids is 1. The maximum Gasteiger partial charge on any atom is 0.255 e. The molecule has 1 saturated heterocycles. The lowest BCUT2D eigenvalue weighted by Crippen LogP contribution is -2.59. The predicted octanol–water partition coefficient (Wildman–Crippen LogP) is 1.53. The highest BCUT2D eigenvalue weighted by Gasteiger charge is 2.43. The third-order valence-corrected chi connectivity index (χ3v) is 5.07. The third kappa shape index (κ3) is 4.26. The Balaban J connectivity index is 1.70. The van der Waals surface area contributed by atoms with E-state index in [1.54, 1.807) is 12.0 Å². The molecule has 1 aromatic rings. The van der Waals surface area contributed by atoms with Crippen molar-refractivity contribution < 1.29 is 19.4 Å². The average molecular weight is 369 g/mol. The predicted molar refractivity (Wildman–Crippen MR) is 94.9 cm³/mol. The summed E-state index contributed by atoms with van der Waals surface area (Å²) >= 11 is 6.09. The van der Waals surface area contributed by atoms with E-state index < -0.39 is 5.60 Å². The molecule has 2 aliphatic heterocycles. The summed E-state index contributed by atoms with van der Waals surface area (Å²) in [7, 11) is 1.61. The van der Waals surface area contributed by atoms with Crippen molar-refractivity contribution in [3.05, 3.63) is 28.8 Å². The molecule has 0 bridgehead atoms. The molecule has 0 aliphatic carbocycles. The van der Waals surface area contributed by atoms with Crippen LogP contribution in [-0.2, 0) is 16.1 Å². The van der Waals surface area contributed by atoms with E-state index in [1.807, 2.05) is 18.2 Å². The number of methoxy groups -OCH3 is 1. The van der Waals surface area contributed by atoms with Gasteiger partial charge in [-0.3, -0.25) is 9.69 Å². The van der Waals surface area contributed by atoms with Gasteiger partial charge in [-0.1, -0.05) is 11.6 Å². The van der Waals surface area contributed by atoms with Gasteiger partial charge in [0.25, 0.3) is 5.91 Å². The largest absolute Gasteiger partial charge is 0.492 e. The van der Waals surface area contributed by atoms with Gasteiger partial charge < -0.3 is 19.5 Å². The number of carbonyl (C=O) groups is 1. The lowest BCUT2D eigenvalue weighted by atomic mass is 9.91. The first-order valence-corrected chi connectivity index (χ1v) is 9.04. The van der Waals surface area contributed by atoms with Crippen LogP contribution in [0.1, 0.15) is 18.4 Å².